The summed E-state index contributed by atoms with van der Waals surface area (Å²) in [5.41, 5.74) is 4.76. The Morgan fingerprint density at radius 2 is 2.04 bits per heavy atom. The maximum Gasteiger partial charge on any atom is 0.135 e. The average molecular weight is 395 g/mol. The second-order valence-electron chi connectivity index (χ2n) is 7.33. The predicted molar refractivity (Wildman–Crippen MR) is 110 cm³/mol. The number of rotatable bonds is 5. The molecule has 28 heavy (non-hydrogen) atoms. The van der Waals surface area contributed by atoms with Crippen LogP contribution in [0.1, 0.15) is 50.6 Å². The van der Waals surface area contributed by atoms with Crippen LogP contribution in [0.5, 0.6) is 0 Å². The third kappa shape index (κ3) is 3.72. The SMILES string of the molecule is CCC(=O)C1CCC(c2[nH]nc(-c3cccc(Cl)c3)c2-c2ccncn2)CC1. The molecular weight excluding hydrogens is 372 g/mol. The third-order valence-electron chi connectivity index (χ3n) is 5.67. The molecule has 1 N–H and O–H groups in total. The summed E-state index contributed by atoms with van der Waals surface area (Å²) in [6, 6.07) is 9.62. The first-order valence-electron chi connectivity index (χ1n) is 9.80. The summed E-state index contributed by atoms with van der Waals surface area (Å²) in [5, 5.41) is 8.59. The fourth-order valence-electron chi connectivity index (χ4n) is 4.19. The normalized spacial score (nSPS) is 19.5. The van der Waals surface area contributed by atoms with Crippen LogP contribution >= 0.6 is 11.6 Å². The number of nitrogens with zero attached hydrogens (tertiary/aromatic N) is 3. The summed E-state index contributed by atoms with van der Waals surface area (Å²) >= 11 is 6.21. The largest absolute Gasteiger partial charge is 0.299 e. The van der Waals surface area contributed by atoms with E-state index in [1.807, 2.05) is 37.3 Å². The summed E-state index contributed by atoms with van der Waals surface area (Å²) in [4.78, 5) is 20.6. The highest BCUT2D eigenvalue weighted by molar-refractivity contribution is 6.30. The van der Waals surface area contributed by atoms with Crippen molar-refractivity contribution in [2.45, 2.75) is 44.9 Å². The second-order valence-corrected chi connectivity index (χ2v) is 7.77. The van der Waals surface area contributed by atoms with E-state index in [4.69, 9.17) is 11.6 Å². The van der Waals surface area contributed by atoms with E-state index in [-0.39, 0.29) is 5.92 Å². The molecule has 0 bridgehead atoms. The second kappa shape index (κ2) is 8.23. The lowest BCUT2D eigenvalue weighted by Crippen LogP contribution is -2.21. The highest BCUT2D eigenvalue weighted by atomic mass is 35.5. The summed E-state index contributed by atoms with van der Waals surface area (Å²) in [5.74, 6) is 0.934. The van der Waals surface area contributed by atoms with E-state index in [2.05, 4.69) is 20.2 Å². The van der Waals surface area contributed by atoms with Gasteiger partial charge in [0.2, 0.25) is 0 Å². The number of carbonyl (C=O) groups excluding carboxylic acids is 1. The minimum Gasteiger partial charge on any atom is -0.299 e. The van der Waals surface area contributed by atoms with Gasteiger partial charge in [0, 0.05) is 46.3 Å². The minimum atomic E-state index is 0.207. The molecule has 3 aromatic rings. The van der Waals surface area contributed by atoms with Gasteiger partial charge in [0.25, 0.3) is 0 Å². The fourth-order valence-corrected chi connectivity index (χ4v) is 4.38. The number of hydrogen-bond donors (Lipinski definition) is 1. The molecule has 0 atom stereocenters. The zero-order valence-electron chi connectivity index (χ0n) is 15.9. The summed E-state index contributed by atoms with van der Waals surface area (Å²) < 4.78 is 0. The number of ketones is 1. The summed E-state index contributed by atoms with van der Waals surface area (Å²) in [7, 11) is 0. The molecule has 4 rings (SSSR count). The minimum absolute atomic E-state index is 0.207. The number of nitrogens with one attached hydrogen (secondary N) is 1. The predicted octanol–water partition coefficient (Wildman–Crippen LogP) is 5.44. The lowest BCUT2D eigenvalue weighted by Gasteiger charge is -2.27. The van der Waals surface area contributed by atoms with Crippen LogP contribution in [0.4, 0.5) is 0 Å². The van der Waals surface area contributed by atoms with Gasteiger partial charge in [-0.1, -0.05) is 30.7 Å². The Morgan fingerprint density at radius 3 is 2.71 bits per heavy atom. The molecule has 1 aliphatic carbocycles. The number of hydrogen-bond acceptors (Lipinski definition) is 4. The zero-order chi connectivity index (χ0) is 19.5. The van der Waals surface area contributed by atoms with Crippen molar-refractivity contribution in [3.05, 3.63) is 53.6 Å². The Morgan fingerprint density at radius 1 is 1.21 bits per heavy atom. The smallest absolute Gasteiger partial charge is 0.135 e. The van der Waals surface area contributed by atoms with E-state index in [9.17, 15) is 4.79 Å². The third-order valence-corrected chi connectivity index (χ3v) is 5.90. The van der Waals surface area contributed by atoms with E-state index in [0.717, 1.165) is 53.9 Å². The van der Waals surface area contributed by atoms with Crippen molar-refractivity contribution in [1.82, 2.24) is 20.2 Å². The molecule has 5 nitrogen and oxygen atoms in total. The first kappa shape index (κ1) is 18.8. The molecule has 1 fully saturated rings. The monoisotopic (exact) mass is 394 g/mol. The van der Waals surface area contributed by atoms with Crippen molar-refractivity contribution in [2.75, 3.05) is 0 Å². The molecule has 144 valence electrons. The lowest BCUT2D eigenvalue weighted by molar-refractivity contribution is -0.123. The summed E-state index contributed by atoms with van der Waals surface area (Å²) in [6.07, 6.45) is 7.77. The van der Waals surface area contributed by atoms with E-state index in [0.29, 0.717) is 23.1 Å². The van der Waals surface area contributed by atoms with Crippen LogP contribution in [0.25, 0.3) is 22.5 Å². The molecular formula is C22H23ClN4O. The molecule has 2 aromatic heterocycles. The van der Waals surface area contributed by atoms with Gasteiger partial charge in [-0.05, 0) is 43.9 Å². The maximum atomic E-state index is 12.1. The van der Waals surface area contributed by atoms with Crippen LogP contribution in [0, 0.1) is 5.92 Å². The van der Waals surface area contributed by atoms with Crippen molar-refractivity contribution in [3.8, 4) is 22.5 Å². The lowest BCUT2D eigenvalue weighted by atomic mass is 9.77. The Kier molecular flexibility index (Phi) is 5.53. The van der Waals surface area contributed by atoms with Gasteiger partial charge in [0.1, 0.15) is 17.8 Å². The van der Waals surface area contributed by atoms with Crippen LogP contribution < -0.4 is 0 Å². The molecule has 2 heterocycles. The number of benzene rings is 1. The molecule has 1 aliphatic rings. The van der Waals surface area contributed by atoms with Crippen LogP contribution in [0.2, 0.25) is 5.02 Å². The Bertz CT molecular complexity index is 962. The van der Waals surface area contributed by atoms with Crippen LogP contribution in [0.3, 0.4) is 0 Å². The first-order chi connectivity index (χ1) is 13.7. The number of aromatic nitrogens is 4. The van der Waals surface area contributed by atoms with Gasteiger partial charge in [0.15, 0.2) is 0 Å². The molecule has 0 unspecified atom stereocenters. The van der Waals surface area contributed by atoms with E-state index in [1.54, 1.807) is 12.5 Å². The van der Waals surface area contributed by atoms with Crippen LogP contribution in [-0.2, 0) is 4.79 Å². The van der Waals surface area contributed by atoms with Crippen molar-refractivity contribution in [3.63, 3.8) is 0 Å². The zero-order valence-corrected chi connectivity index (χ0v) is 16.6. The van der Waals surface area contributed by atoms with Gasteiger partial charge in [-0.15, -0.1) is 0 Å². The number of carbonyl (C=O) groups is 1. The first-order valence-corrected chi connectivity index (χ1v) is 10.2. The molecule has 0 aliphatic heterocycles. The fraction of sp³-hybridized carbons (Fsp3) is 0.364. The number of H-pyrrole nitrogens is 1. The van der Waals surface area contributed by atoms with Gasteiger partial charge in [-0.3, -0.25) is 9.89 Å². The molecule has 1 saturated carbocycles. The molecule has 1 aromatic carbocycles. The van der Waals surface area contributed by atoms with E-state index < -0.39 is 0 Å². The van der Waals surface area contributed by atoms with Crippen molar-refractivity contribution in [1.29, 1.82) is 0 Å². The van der Waals surface area contributed by atoms with Gasteiger partial charge in [-0.2, -0.15) is 5.10 Å². The standard InChI is InChI=1S/C22H23ClN4O/c1-2-19(28)14-6-8-15(9-7-14)21-20(18-10-11-24-13-25-18)22(27-26-21)16-4-3-5-17(23)12-16/h3-5,10-15H,2,6-9H2,1H3,(H,26,27). The number of aromatic amines is 1. The van der Waals surface area contributed by atoms with E-state index >= 15 is 0 Å². The highest BCUT2D eigenvalue weighted by Gasteiger charge is 2.30. The van der Waals surface area contributed by atoms with Crippen molar-refractivity contribution < 1.29 is 4.79 Å². The van der Waals surface area contributed by atoms with Crippen molar-refractivity contribution >= 4 is 17.4 Å². The topological polar surface area (TPSA) is 71.5 Å². The quantitative estimate of drug-likeness (QED) is 0.625. The number of Topliss-reactive ketones (excluding diaryl/α,β-unsaturated/α-hetero) is 1. The van der Waals surface area contributed by atoms with Crippen LogP contribution in [-0.4, -0.2) is 25.9 Å². The number of halogens is 1. The Labute approximate surface area is 169 Å². The molecule has 6 heteroatoms. The van der Waals surface area contributed by atoms with E-state index in [1.165, 1.54) is 0 Å². The molecule has 0 radical (unpaired) electrons. The van der Waals surface area contributed by atoms with Gasteiger partial charge in [-0.25, -0.2) is 9.97 Å². The van der Waals surface area contributed by atoms with Gasteiger partial charge >= 0.3 is 0 Å². The highest BCUT2D eigenvalue weighted by Crippen LogP contribution is 2.42. The Hall–Kier alpha value is -2.53. The van der Waals surface area contributed by atoms with Gasteiger partial charge < -0.3 is 0 Å². The summed E-state index contributed by atoms with van der Waals surface area (Å²) in [6.45, 7) is 1.95. The molecule has 0 saturated heterocycles. The maximum absolute atomic E-state index is 12.1. The Balaban J connectivity index is 1.72. The average Bonchev–Trinajstić information content (AvgIpc) is 3.19. The van der Waals surface area contributed by atoms with Crippen LogP contribution in [0.15, 0.2) is 42.9 Å². The van der Waals surface area contributed by atoms with Gasteiger partial charge in [0.05, 0.1) is 5.69 Å². The molecule has 0 spiro atoms. The van der Waals surface area contributed by atoms with Crippen molar-refractivity contribution in [2.24, 2.45) is 5.92 Å². The molecule has 0 amide bonds.